The van der Waals surface area contributed by atoms with Crippen LogP contribution in [0.15, 0.2) is 11.8 Å². The molecule has 0 bridgehead atoms. The minimum Gasteiger partial charge on any atom is -0.306 e. The molecule has 108 valence electrons. The number of hydrogen-bond acceptors (Lipinski definition) is 2. The van der Waals surface area contributed by atoms with Gasteiger partial charge in [-0.05, 0) is 31.1 Å². The smallest absolute Gasteiger partial charge is 0.216 e. The first kappa shape index (κ1) is 17.9. The first-order chi connectivity index (χ1) is 8.23. The van der Waals surface area contributed by atoms with E-state index in [0.717, 1.165) is 0 Å². The van der Waals surface area contributed by atoms with E-state index in [-0.39, 0.29) is 0 Å². The lowest BCUT2D eigenvalue weighted by molar-refractivity contribution is 0.227. The van der Waals surface area contributed by atoms with Crippen LogP contribution in [0, 0.1) is 0 Å². The normalized spacial score (nSPS) is 13.8. The summed E-state index contributed by atoms with van der Waals surface area (Å²) in [5.74, 6) is 0. The van der Waals surface area contributed by atoms with Crippen LogP contribution in [-0.4, -0.2) is 42.4 Å². The Morgan fingerprint density at radius 3 is 1.11 bits per heavy atom. The Morgan fingerprint density at radius 1 is 0.667 bits per heavy atom. The van der Waals surface area contributed by atoms with Crippen molar-refractivity contribution in [2.24, 2.45) is 0 Å². The van der Waals surface area contributed by atoms with Crippen molar-refractivity contribution in [3.05, 3.63) is 11.8 Å². The van der Waals surface area contributed by atoms with Gasteiger partial charge in [0, 0.05) is 0 Å². The molecular weight excluding hydrogens is 236 g/mol. The lowest BCUT2D eigenvalue weighted by atomic mass is 10.3. The van der Waals surface area contributed by atoms with Gasteiger partial charge in [-0.25, -0.2) is 0 Å². The molecular formula is C15H34N2Si. The van der Waals surface area contributed by atoms with Crippen LogP contribution < -0.4 is 0 Å². The molecule has 0 aromatic rings. The van der Waals surface area contributed by atoms with Gasteiger partial charge in [0.05, 0.1) is 0 Å². The average molecular weight is 271 g/mol. The molecule has 0 spiro atoms. The molecule has 0 aromatic heterocycles. The van der Waals surface area contributed by atoms with Crippen LogP contribution in [0.4, 0.5) is 0 Å². The van der Waals surface area contributed by atoms with Crippen molar-refractivity contribution in [2.45, 2.75) is 86.5 Å². The molecule has 3 heteroatoms. The van der Waals surface area contributed by atoms with Gasteiger partial charge in [-0.2, -0.15) is 0 Å². The van der Waals surface area contributed by atoms with Crippen LogP contribution in [0.3, 0.4) is 0 Å². The van der Waals surface area contributed by atoms with Crippen molar-refractivity contribution >= 4 is 9.12 Å². The van der Waals surface area contributed by atoms with Crippen molar-refractivity contribution in [1.82, 2.24) is 9.13 Å². The largest absolute Gasteiger partial charge is 0.306 e. The maximum atomic E-state index is 2.72. The van der Waals surface area contributed by atoms with Crippen LogP contribution in [0.25, 0.3) is 0 Å². The molecule has 0 saturated carbocycles. The van der Waals surface area contributed by atoms with E-state index in [9.17, 15) is 0 Å². The highest BCUT2D eigenvalue weighted by molar-refractivity contribution is 6.58. The van der Waals surface area contributed by atoms with Crippen LogP contribution in [0.1, 0.15) is 62.3 Å². The van der Waals surface area contributed by atoms with E-state index in [0.29, 0.717) is 24.2 Å². The topological polar surface area (TPSA) is 6.48 Å². The highest BCUT2D eigenvalue weighted by atomic mass is 28.3. The summed E-state index contributed by atoms with van der Waals surface area (Å²) in [5, 5.41) is 0. The molecule has 0 fully saturated rings. The molecule has 0 radical (unpaired) electrons. The zero-order valence-corrected chi connectivity index (χ0v) is 15.1. The summed E-state index contributed by atoms with van der Waals surface area (Å²) in [6.07, 6.45) is 2.24. The summed E-state index contributed by atoms with van der Waals surface area (Å²) >= 11 is 0. The molecule has 0 saturated heterocycles. The second-order valence-electron chi connectivity index (χ2n) is 6.21. The van der Waals surface area contributed by atoms with Gasteiger partial charge in [0.25, 0.3) is 0 Å². The third kappa shape index (κ3) is 4.86. The van der Waals surface area contributed by atoms with Gasteiger partial charge >= 0.3 is 0 Å². The number of nitrogens with zero attached hydrogens (tertiary/aromatic N) is 2. The number of hydrogen-bond donors (Lipinski definition) is 0. The standard InChI is InChI=1S/C15H34N2Si/c1-10-11-18(16(12(2)3)13(4)5)17(14(6)7)15(8)9/h10-15,18H,1-9H3. The van der Waals surface area contributed by atoms with E-state index < -0.39 is 9.12 Å². The molecule has 0 aliphatic rings. The Kier molecular flexibility index (Phi) is 8.07. The third-order valence-corrected chi connectivity index (χ3v) is 7.70. The lowest BCUT2D eigenvalue weighted by Gasteiger charge is -2.45. The quantitative estimate of drug-likeness (QED) is 0.653. The van der Waals surface area contributed by atoms with Gasteiger partial charge in [0.2, 0.25) is 9.12 Å². The molecule has 0 atom stereocenters. The van der Waals surface area contributed by atoms with Gasteiger partial charge in [-0.3, -0.25) is 0 Å². The van der Waals surface area contributed by atoms with Gasteiger partial charge in [0.15, 0.2) is 0 Å². The first-order valence-corrected chi connectivity index (χ1v) is 9.11. The molecule has 0 aliphatic heterocycles. The van der Waals surface area contributed by atoms with E-state index in [2.05, 4.69) is 83.2 Å². The predicted molar refractivity (Wildman–Crippen MR) is 86.2 cm³/mol. The Bertz CT molecular complexity index is 211. The van der Waals surface area contributed by atoms with Crippen molar-refractivity contribution in [2.75, 3.05) is 0 Å². The van der Waals surface area contributed by atoms with Crippen molar-refractivity contribution in [3.8, 4) is 0 Å². The molecule has 18 heavy (non-hydrogen) atoms. The van der Waals surface area contributed by atoms with Gasteiger partial charge < -0.3 is 9.13 Å². The Balaban J connectivity index is 5.36. The predicted octanol–water partition coefficient (Wildman–Crippen LogP) is 3.56. The fourth-order valence-corrected chi connectivity index (χ4v) is 6.43. The summed E-state index contributed by atoms with van der Waals surface area (Å²) in [5.41, 5.74) is 2.47. The summed E-state index contributed by atoms with van der Waals surface area (Å²) in [7, 11) is -1.21. The average Bonchev–Trinajstić information content (AvgIpc) is 2.14. The first-order valence-electron chi connectivity index (χ1n) is 7.41. The lowest BCUT2D eigenvalue weighted by Crippen LogP contribution is -2.60. The molecule has 0 aromatic carbocycles. The fraction of sp³-hybridized carbons (Fsp3) is 0.867. The van der Waals surface area contributed by atoms with E-state index in [1.807, 2.05) is 0 Å². The Morgan fingerprint density at radius 2 is 0.944 bits per heavy atom. The van der Waals surface area contributed by atoms with Crippen molar-refractivity contribution in [1.29, 1.82) is 0 Å². The van der Waals surface area contributed by atoms with E-state index in [1.165, 1.54) is 0 Å². The molecule has 0 N–H and O–H groups in total. The molecule has 0 amide bonds. The molecule has 0 rings (SSSR count). The summed E-state index contributed by atoms with van der Waals surface area (Å²) < 4.78 is 5.44. The maximum Gasteiger partial charge on any atom is 0.216 e. The van der Waals surface area contributed by atoms with Crippen molar-refractivity contribution < 1.29 is 0 Å². The monoisotopic (exact) mass is 270 g/mol. The van der Waals surface area contributed by atoms with Gasteiger partial charge in [-0.1, -0.05) is 67.2 Å². The van der Waals surface area contributed by atoms with Crippen LogP contribution >= 0.6 is 0 Å². The highest BCUT2D eigenvalue weighted by Gasteiger charge is 2.31. The number of allylic oxidation sites excluding steroid dienone is 1. The van der Waals surface area contributed by atoms with Crippen LogP contribution in [0.5, 0.6) is 0 Å². The second-order valence-corrected chi connectivity index (χ2v) is 8.61. The molecule has 2 nitrogen and oxygen atoms in total. The molecule has 0 aliphatic carbocycles. The fourth-order valence-electron chi connectivity index (χ4n) is 2.94. The van der Waals surface area contributed by atoms with Crippen LogP contribution in [0.2, 0.25) is 0 Å². The Labute approximate surface area is 117 Å². The van der Waals surface area contributed by atoms with E-state index >= 15 is 0 Å². The summed E-state index contributed by atoms with van der Waals surface area (Å²) in [6, 6.07) is 2.44. The second kappa shape index (κ2) is 8.13. The van der Waals surface area contributed by atoms with E-state index in [4.69, 9.17) is 0 Å². The zero-order valence-electron chi connectivity index (χ0n) is 13.9. The minimum absolute atomic E-state index is 0.609. The maximum absolute atomic E-state index is 2.72. The Hall–Kier alpha value is -0.123. The molecule has 0 heterocycles. The van der Waals surface area contributed by atoms with Crippen molar-refractivity contribution in [3.63, 3.8) is 0 Å². The molecule has 0 unspecified atom stereocenters. The highest BCUT2D eigenvalue weighted by Crippen LogP contribution is 2.17. The third-order valence-electron chi connectivity index (χ3n) is 3.36. The SMILES string of the molecule is CC=C[SiH](N(C(C)C)C(C)C)N(C(C)C)C(C)C. The summed E-state index contributed by atoms with van der Waals surface area (Å²) in [4.78, 5) is 0. The minimum atomic E-state index is -1.21. The number of rotatable bonds is 7. The van der Waals surface area contributed by atoms with Gasteiger partial charge in [-0.15, -0.1) is 0 Å². The van der Waals surface area contributed by atoms with E-state index in [1.54, 1.807) is 0 Å². The summed E-state index contributed by atoms with van der Waals surface area (Å²) in [6.45, 7) is 20.7. The zero-order chi connectivity index (χ0) is 14.5. The van der Waals surface area contributed by atoms with Gasteiger partial charge in [0.1, 0.15) is 0 Å². The van der Waals surface area contributed by atoms with Crippen LogP contribution in [-0.2, 0) is 0 Å².